The average Bonchev–Trinajstić information content (AvgIpc) is 2.74. The molecule has 2 bridgehead atoms. The molecule has 0 radical (unpaired) electrons. The highest BCUT2D eigenvalue weighted by molar-refractivity contribution is 5.17. The van der Waals surface area contributed by atoms with E-state index in [1.807, 2.05) is 12.1 Å². The normalized spacial score (nSPS) is 34.6. The van der Waals surface area contributed by atoms with Crippen LogP contribution in [0.5, 0.6) is 0 Å². The smallest absolute Gasteiger partial charge is 0.123 e. The molecule has 0 unspecified atom stereocenters. The maximum Gasteiger partial charge on any atom is 0.123 e. The summed E-state index contributed by atoms with van der Waals surface area (Å²) < 4.78 is 12.9. The van der Waals surface area contributed by atoms with Crippen LogP contribution in [0.25, 0.3) is 0 Å². The fourth-order valence-electron chi connectivity index (χ4n) is 4.55. The minimum Gasteiger partial charge on any atom is -0.313 e. The first-order chi connectivity index (χ1) is 9.43. The Morgan fingerprint density at radius 2 is 1.90 bits per heavy atom. The fourth-order valence-corrected chi connectivity index (χ4v) is 4.55. The van der Waals surface area contributed by atoms with Crippen molar-refractivity contribution < 1.29 is 4.39 Å². The number of benzene rings is 1. The number of fused-ring (bicyclic) bond motifs is 2. The van der Waals surface area contributed by atoms with Crippen molar-refractivity contribution in [1.82, 2.24) is 5.32 Å². The molecule has 0 amide bonds. The number of halogens is 1. The quantitative estimate of drug-likeness (QED) is 0.869. The molecule has 20 heavy (non-hydrogen) atoms. The van der Waals surface area contributed by atoms with E-state index in [1.165, 1.54) is 24.8 Å². The Morgan fingerprint density at radius 3 is 2.45 bits per heavy atom. The van der Waals surface area contributed by atoms with Crippen LogP contribution < -0.4 is 5.32 Å². The Balaban J connectivity index is 1.56. The summed E-state index contributed by atoms with van der Waals surface area (Å²) in [4.78, 5) is 0. The lowest BCUT2D eigenvalue weighted by Crippen LogP contribution is -2.45. The highest BCUT2D eigenvalue weighted by Crippen LogP contribution is 2.65. The average molecular weight is 275 g/mol. The molecule has 3 rings (SSSR count). The molecule has 2 saturated carbocycles. The third-order valence-electron chi connectivity index (χ3n) is 6.51. The van der Waals surface area contributed by atoms with Crippen molar-refractivity contribution in [3.63, 3.8) is 0 Å². The molecule has 0 heterocycles. The highest BCUT2D eigenvalue weighted by Gasteiger charge is 2.60. The number of nitrogens with one attached hydrogen (secondary N) is 1. The van der Waals surface area contributed by atoms with Crippen LogP contribution in [0, 0.1) is 22.6 Å². The minimum atomic E-state index is -0.149. The van der Waals surface area contributed by atoms with E-state index in [9.17, 15) is 4.39 Å². The van der Waals surface area contributed by atoms with Gasteiger partial charge in [0.25, 0.3) is 0 Å². The van der Waals surface area contributed by atoms with Crippen LogP contribution in [-0.2, 0) is 6.42 Å². The zero-order valence-electron chi connectivity index (χ0n) is 12.9. The number of hydrogen-bond acceptors (Lipinski definition) is 1. The Kier molecular flexibility index (Phi) is 3.40. The van der Waals surface area contributed by atoms with Gasteiger partial charge in [-0.25, -0.2) is 4.39 Å². The number of hydrogen-bond donors (Lipinski definition) is 1. The highest BCUT2D eigenvalue weighted by atomic mass is 19.1. The van der Waals surface area contributed by atoms with Crippen molar-refractivity contribution in [2.75, 3.05) is 6.54 Å². The van der Waals surface area contributed by atoms with Crippen LogP contribution in [0.4, 0.5) is 4.39 Å². The Bertz CT molecular complexity index is 479. The zero-order chi connectivity index (χ0) is 14.4. The van der Waals surface area contributed by atoms with Crippen molar-refractivity contribution in [1.29, 1.82) is 0 Å². The van der Waals surface area contributed by atoms with E-state index < -0.39 is 0 Å². The first-order valence-corrected chi connectivity index (χ1v) is 7.91. The molecule has 1 aromatic rings. The molecule has 2 heteroatoms. The van der Waals surface area contributed by atoms with Crippen molar-refractivity contribution in [2.45, 2.75) is 52.5 Å². The molecular formula is C18H26FN. The Hall–Kier alpha value is -0.890. The van der Waals surface area contributed by atoms with Crippen molar-refractivity contribution >= 4 is 0 Å². The summed E-state index contributed by atoms with van der Waals surface area (Å²) in [6, 6.07) is 7.54. The summed E-state index contributed by atoms with van der Waals surface area (Å²) in [5.74, 6) is 0.736. The van der Waals surface area contributed by atoms with Gasteiger partial charge in [-0.05, 0) is 66.7 Å². The first kappa shape index (κ1) is 14.1. The Labute approximate surface area is 122 Å². The van der Waals surface area contributed by atoms with Gasteiger partial charge in [0, 0.05) is 6.04 Å². The topological polar surface area (TPSA) is 12.0 Å². The Morgan fingerprint density at radius 1 is 1.20 bits per heavy atom. The SMILES string of the molecule is CC1(C)[C@H]2CC[C@]1(C)[C@H](NCCc1ccc(F)cc1)C2. The number of rotatable bonds is 4. The van der Waals surface area contributed by atoms with Gasteiger partial charge in [0.2, 0.25) is 0 Å². The van der Waals surface area contributed by atoms with Crippen LogP contribution >= 0.6 is 0 Å². The van der Waals surface area contributed by atoms with Gasteiger partial charge in [0.05, 0.1) is 0 Å². The summed E-state index contributed by atoms with van der Waals surface area (Å²) >= 11 is 0. The second-order valence-corrected chi connectivity index (χ2v) is 7.49. The molecule has 2 aliphatic carbocycles. The van der Waals surface area contributed by atoms with Gasteiger partial charge in [0.1, 0.15) is 5.82 Å². The van der Waals surface area contributed by atoms with E-state index in [0.717, 1.165) is 18.9 Å². The fraction of sp³-hybridized carbons (Fsp3) is 0.667. The molecule has 110 valence electrons. The predicted octanol–water partition coefficient (Wildman–Crippen LogP) is 4.17. The summed E-state index contributed by atoms with van der Waals surface area (Å²) in [6.45, 7) is 8.36. The molecule has 1 aromatic carbocycles. The van der Waals surface area contributed by atoms with Crippen molar-refractivity contribution in [2.24, 2.45) is 16.7 Å². The molecule has 1 nitrogen and oxygen atoms in total. The summed E-state index contributed by atoms with van der Waals surface area (Å²) in [6.07, 6.45) is 5.07. The predicted molar refractivity (Wildman–Crippen MR) is 81.1 cm³/mol. The first-order valence-electron chi connectivity index (χ1n) is 7.91. The van der Waals surface area contributed by atoms with Gasteiger partial charge in [-0.1, -0.05) is 32.9 Å². The summed E-state index contributed by atoms with van der Waals surface area (Å²) in [5, 5.41) is 3.78. The lowest BCUT2D eigenvalue weighted by atomic mass is 9.69. The monoisotopic (exact) mass is 275 g/mol. The maximum absolute atomic E-state index is 12.9. The third-order valence-corrected chi connectivity index (χ3v) is 6.51. The third kappa shape index (κ3) is 2.09. The van der Waals surface area contributed by atoms with Crippen LogP contribution in [0.1, 0.15) is 45.6 Å². The minimum absolute atomic E-state index is 0.149. The van der Waals surface area contributed by atoms with E-state index >= 15 is 0 Å². The zero-order valence-corrected chi connectivity index (χ0v) is 12.9. The van der Waals surface area contributed by atoms with E-state index in [0.29, 0.717) is 16.9 Å². The van der Waals surface area contributed by atoms with E-state index in [-0.39, 0.29) is 5.82 Å². The second kappa shape index (κ2) is 4.84. The lowest BCUT2D eigenvalue weighted by Gasteiger charge is -2.39. The summed E-state index contributed by atoms with van der Waals surface area (Å²) in [7, 11) is 0. The van der Waals surface area contributed by atoms with Gasteiger partial charge in [-0.3, -0.25) is 0 Å². The molecule has 0 aliphatic heterocycles. The molecule has 0 aromatic heterocycles. The van der Waals surface area contributed by atoms with Gasteiger partial charge in [-0.2, -0.15) is 0 Å². The summed E-state index contributed by atoms with van der Waals surface area (Å²) in [5.41, 5.74) is 2.13. The largest absolute Gasteiger partial charge is 0.313 e. The van der Waals surface area contributed by atoms with Gasteiger partial charge < -0.3 is 5.32 Å². The lowest BCUT2D eigenvalue weighted by molar-refractivity contribution is 0.121. The molecular weight excluding hydrogens is 249 g/mol. The molecule has 0 spiro atoms. The second-order valence-electron chi connectivity index (χ2n) is 7.49. The maximum atomic E-state index is 12.9. The van der Waals surface area contributed by atoms with Crippen LogP contribution in [-0.4, -0.2) is 12.6 Å². The van der Waals surface area contributed by atoms with Gasteiger partial charge >= 0.3 is 0 Å². The molecule has 2 aliphatic rings. The van der Waals surface area contributed by atoms with E-state index in [2.05, 4.69) is 26.1 Å². The van der Waals surface area contributed by atoms with Crippen molar-refractivity contribution in [3.8, 4) is 0 Å². The van der Waals surface area contributed by atoms with Gasteiger partial charge in [0.15, 0.2) is 0 Å². The van der Waals surface area contributed by atoms with Crippen LogP contribution in [0.15, 0.2) is 24.3 Å². The van der Waals surface area contributed by atoms with Gasteiger partial charge in [-0.15, -0.1) is 0 Å². The van der Waals surface area contributed by atoms with Crippen LogP contribution in [0.2, 0.25) is 0 Å². The van der Waals surface area contributed by atoms with E-state index in [4.69, 9.17) is 0 Å². The molecule has 1 N–H and O–H groups in total. The molecule has 3 atom stereocenters. The van der Waals surface area contributed by atoms with E-state index in [1.54, 1.807) is 12.1 Å². The molecule has 0 saturated heterocycles. The molecule has 2 fully saturated rings. The van der Waals surface area contributed by atoms with Crippen molar-refractivity contribution in [3.05, 3.63) is 35.6 Å². The standard InChI is InChI=1S/C18H26FN/c1-17(2)14-8-10-18(17,3)16(12-14)20-11-9-13-4-6-15(19)7-5-13/h4-7,14,16,20H,8-12H2,1-3H3/t14-,16+,18+/m0/s1. The van der Waals surface area contributed by atoms with Crippen LogP contribution in [0.3, 0.4) is 0 Å².